The van der Waals surface area contributed by atoms with Crippen molar-refractivity contribution < 1.29 is 4.74 Å². The molecule has 6 heteroatoms. The summed E-state index contributed by atoms with van der Waals surface area (Å²) in [4.78, 5) is 8.28. The molecule has 0 saturated carbocycles. The summed E-state index contributed by atoms with van der Waals surface area (Å²) in [7, 11) is 0. The lowest BCUT2D eigenvalue weighted by atomic mass is 10.1. The van der Waals surface area contributed by atoms with Crippen molar-refractivity contribution in [2.24, 2.45) is 10.7 Å². The third kappa shape index (κ3) is 11.6. The maximum atomic E-state index is 5.79. The number of aromatic nitrogens is 1. The molecule has 0 unspecified atom stereocenters. The number of guanidine groups is 1. The van der Waals surface area contributed by atoms with Gasteiger partial charge in [0, 0.05) is 12.7 Å². The Morgan fingerprint density at radius 3 is 2.77 bits per heavy atom. The first-order valence-electron chi connectivity index (χ1n) is 7.89. The highest BCUT2D eigenvalue weighted by molar-refractivity contribution is 14.0. The highest BCUT2D eigenvalue weighted by Gasteiger charge is 1.94. The Morgan fingerprint density at radius 1 is 1.27 bits per heavy atom. The van der Waals surface area contributed by atoms with Gasteiger partial charge in [0.15, 0.2) is 5.96 Å². The van der Waals surface area contributed by atoms with Crippen LogP contribution in [-0.2, 0) is 0 Å². The van der Waals surface area contributed by atoms with Crippen LogP contribution in [0, 0.1) is 0 Å². The predicted molar refractivity (Wildman–Crippen MR) is 103 cm³/mol. The number of aliphatic imine (C=N–C) groups is 1. The predicted octanol–water partition coefficient (Wildman–Crippen LogP) is 3.34. The van der Waals surface area contributed by atoms with Crippen molar-refractivity contribution in [1.82, 2.24) is 10.3 Å². The number of pyridine rings is 1. The van der Waals surface area contributed by atoms with Crippen LogP contribution in [0.1, 0.15) is 45.4 Å². The second-order valence-corrected chi connectivity index (χ2v) is 5.00. The third-order valence-electron chi connectivity index (χ3n) is 3.11. The summed E-state index contributed by atoms with van der Waals surface area (Å²) < 4.78 is 5.50. The summed E-state index contributed by atoms with van der Waals surface area (Å²) in [6.07, 6.45) is 11.0. The number of unbranched alkanes of at least 4 members (excludes halogenated alkanes) is 5. The topological polar surface area (TPSA) is 72.5 Å². The molecule has 0 atom stereocenters. The number of hydrogen-bond donors (Lipinski definition) is 2. The van der Waals surface area contributed by atoms with E-state index in [9.17, 15) is 0 Å². The Bertz CT molecular complexity index is 387. The van der Waals surface area contributed by atoms with Crippen molar-refractivity contribution in [3.8, 4) is 5.75 Å². The first-order valence-corrected chi connectivity index (χ1v) is 7.89. The highest BCUT2D eigenvalue weighted by Crippen LogP contribution is 2.05. The minimum absolute atomic E-state index is 0. The Balaban J connectivity index is 0.00000441. The van der Waals surface area contributed by atoms with Crippen molar-refractivity contribution in [1.29, 1.82) is 0 Å². The van der Waals surface area contributed by atoms with Gasteiger partial charge in [0.05, 0.1) is 12.7 Å². The van der Waals surface area contributed by atoms with Crippen molar-refractivity contribution in [2.75, 3.05) is 19.7 Å². The molecule has 0 aliphatic heterocycles. The molecule has 0 radical (unpaired) electrons. The Labute approximate surface area is 151 Å². The van der Waals surface area contributed by atoms with E-state index in [1.165, 1.54) is 32.1 Å². The Morgan fingerprint density at radius 2 is 2.05 bits per heavy atom. The van der Waals surface area contributed by atoms with E-state index in [0.717, 1.165) is 18.7 Å². The van der Waals surface area contributed by atoms with E-state index in [-0.39, 0.29) is 24.0 Å². The number of halogens is 1. The van der Waals surface area contributed by atoms with E-state index < -0.39 is 0 Å². The van der Waals surface area contributed by atoms with Gasteiger partial charge in [-0.05, 0) is 18.6 Å². The van der Waals surface area contributed by atoms with Crippen LogP contribution in [0.5, 0.6) is 5.75 Å². The fraction of sp³-hybridized carbons (Fsp3) is 0.625. The van der Waals surface area contributed by atoms with Crippen molar-refractivity contribution in [3.05, 3.63) is 24.5 Å². The number of hydrogen-bond acceptors (Lipinski definition) is 3. The average Bonchev–Trinajstić information content (AvgIpc) is 2.52. The summed E-state index contributed by atoms with van der Waals surface area (Å²) in [5.74, 6) is 1.26. The van der Waals surface area contributed by atoms with Crippen LogP contribution in [0.3, 0.4) is 0 Å². The van der Waals surface area contributed by atoms with Crippen molar-refractivity contribution in [2.45, 2.75) is 45.4 Å². The summed E-state index contributed by atoms with van der Waals surface area (Å²) >= 11 is 0. The van der Waals surface area contributed by atoms with Gasteiger partial charge in [-0.3, -0.25) is 9.98 Å². The first kappa shape index (κ1) is 20.9. The summed E-state index contributed by atoms with van der Waals surface area (Å²) in [5, 5.41) is 3.05. The van der Waals surface area contributed by atoms with Gasteiger partial charge in [0.2, 0.25) is 0 Å². The van der Waals surface area contributed by atoms with Gasteiger partial charge in [-0.1, -0.05) is 39.0 Å². The molecule has 0 aromatic carbocycles. The number of ether oxygens (including phenoxy) is 1. The molecule has 0 saturated heterocycles. The number of nitrogens with one attached hydrogen (secondary N) is 1. The molecule has 1 heterocycles. The average molecular weight is 420 g/mol. The molecule has 1 aromatic rings. The zero-order chi connectivity index (χ0) is 15.2. The molecule has 0 fully saturated rings. The molecule has 22 heavy (non-hydrogen) atoms. The molecule has 0 aliphatic rings. The number of rotatable bonds is 11. The number of nitrogens with two attached hydrogens (primary N) is 1. The second-order valence-electron chi connectivity index (χ2n) is 5.00. The molecule has 0 aliphatic carbocycles. The largest absolute Gasteiger partial charge is 0.490 e. The fourth-order valence-electron chi connectivity index (χ4n) is 1.93. The number of nitrogens with zero attached hydrogens (tertiary/aromatic N) is 2. The molecule has 0 bridgehead atoms. The molecule has 0 amide bonds. The van der Waals surface area contributed by atoms with Crippen LogP contribution in [0.4, 0.5) is 0 Å². The normalized spacial score (nSPS) is 10.9. The van der Waals surface area contributed by atoms with E-state index >= 15 is 0 Å². The maximum absolute atomic E-state index is 5.79. The maximum Gasteiger partial charge on any atom is 0.188 e. The van der Waals surface area contributed by atoms with E-state index in [2.05, 4.69) is 22.2 Å². The zero-order valence-electron chi connectivity index (χ0n) is 13.5. The summed E-state index contributed by atoms with van der Waals surface area (Å²) in [6.45, 7) is 4.21. The van der Waals surface area contributed by atoms with Gasteiger partial charge in [-0.2, -0.15) is 0 Å². The van der Waals surface area contributed by atoms with Crippen LogP contribution >= 0.6 is 24.0 Å². The lowest BCUT2D eigenvalue weighted by Crippen LogP contribution is -2.34. The zero-order valence-corrected chi connectivity index (χ0v) is 15.8. The monoisotopic (exact) mass is 420 g/mol. The van der Waals surface area contributed by atoms with Gasteiger partial charge in [-0.15, -0.1) is 24.0 Å². The smallest absolute Gasteiger partial charge is 0.188 e. The fourth-order valence-corrected chi connectivity index (χ4v) is 1.93. The Kier molecular flexibility index (Phi) is 14.2. The standard InChI is InChI=1S/C16H28N4O.HI/c1-2-3-4-5-6-7-11-19-16(17)20-12-13-21-15-9-8-10-18-14-15;/h8-10,14H,2-7,11-13H2,1H3,(H3,17,19,20);1H. The van der Waals surface area contributed by atoms with E-state index in [1.54, 1.807) is 12.4 Å². The van der Waals surface area contributed by atoms with Gasteiger partial charge in [0.1, 0.15) is 12.4 Å². The Hall–Kier alpha value is -1.05. The van der Waals surface area contributed by atoms with Crippen LogP contribution < -0.4 is 15.8 Å². The molecule has 1 aromatic heterocycles. The van der Waals surface area contributed by atoms with E-state index in [1.807, 2.05) is 12.1 Å². The quantitative estimate of drug-likeness (QED) is 0.249. The summed E-state index contributed by atoms with van der Waals surface area (Å²) in [6, 6.07) is 3.72. The van der Waals surface area contributed by atoms with Gasteiger partial charge < -0.3 is 15.8 Å². The summed E-state index contributed by atoms with van der Waals surface area (Å²) in [5.41, 5.74) is 5.79. The first-order chi connectivity index (χ1) is 10.3. The van der Waals surface area contributed by atoms with Crippen molar-refractivity contribution in [3.63, 3.8) is 0 Å². The third-order valence-corrected chi connectivity index (χ3v) is 3.11. The van der Waals surface area contributed by atoms with Crippen molar-refractivity contribution >= 4 is 29.9 Å². The van der Waals surface area contributed by atoms with Crippen LogP contribution in [0.15, 0.2) is 29.5 Å². The minimum Gasteiger partial charge on any atom is -0.490 e. The lowest BCUT2D eigenvalue weighted by molar-refractivity contribution is 0.321. The highest BCUT2D eigenvalue weighted by atomic mass is 127. The minimum atomic E-state index is 0. The SMILES string of the molecule is CCCCCCCCN=C(N)NCCOc1cccnc1.I. The van der Waals surface area contributed by atoms with Gasteiger partial charge in [0.25, 0.3) is 0 Å². The van der Waals surface area contributed by atoms with Crippen LogP contribution in [-0.4, -0.2) is 30.6 Å². The molecule has 5 nitrogen and oxygen atoms in total. The van der Waals surface area contributed by atoms with Crippen LogP contribution in [0.2, 0.25) is 0 Å². The van der Waals surface area contributed by atoms with Gasteiger partial charge in [-0.25, -0.2) is 0 Å². The molecule has 3 N–H and O–H groups in total. The van der Waals surface area contributed by atoms with E-state index in [4.69, 9.17) is 10.5 Å². The molecule has 1 rings (SSSR count). The second kappa shape index (κ2) is 14.9. The molecular weight excluding hydrogens is 391 g/mol. The lowest BCUT2D eigenvalue weighted by Gasteiger charge is -2.07. The molecular formula is C16H29IN4O. The van der Waals surface area contributed by atoms with Crippen LogP contribution in [0.25, 0.3) is 0 Å². The molecule has 0 spiro atoms. The van der Waals surface area contributed by atoms with E-state index in [0.29, 0.717) is 19.1 Å². The molecule has 126 valence electrons. The van der Waals surface area contributed by atoms with Gasteiger partial charge >= 0.3 is 0 Å².